The first-order valence-electron chi connectivity index (χ1n) is 7.00. The van der Waals surface area contributed by atoms with E-state index >= 15 is 0 Å². The van der Waals surface area contributed by atoms with Crippen molar-refractivity contribution in [1.29, 1.82) is 0 Å². The Morgan fingerprint density at radius 3 is 2.71 bits per heavy atom. The Morgan fingerprint density at radius 1 is 1.29 bits per heavy atom. The maximum Gasteiger partial charge on any atom is 0.338 e. The van der Waals surface area contributed by atoms with Crippen LogP contribution in [0.5, 0.6) is 0 Å². The molecule has 0 saturated heterocycles. The molecule has 0 fully saturated rings. The van der Waals surface area contributed by atoms with Crippen molar-refractivity contribution in [2.24, 2.45) is 0 Å². The van der Waals surface area contributed by atoms with Crippen molar-refractivity contribution in [3.63, 3.8) is 0 Å². The third kappa shape index (κ3) is 6.13. The van der Waals surface area contributed by atoms with E-state index < -0.39 is 0 Å². The number of benzene rings is 1. The van der Waals surface area contributed by atoms with Gasteiger partial charge in [0, 0.05) is 32.5 Å². The highest BCUT2D eigenvalue weighted by Crippen LogP contribution is 2.06. The fourth-order valence-corrected chi connectivity index (χ4v) is 1.65. The number of rotatable bonds is 5. The van der Waals surface area contributed by atoms with Gasteiger partial charge in [-0.1, -0.05) is 17.9 Å². The molecule has 112 valence electrons. The number of hydrogen-bond acceptors (Lipinski definition) is 3. The van der Waals surface area contributed by atoms with Crippen molar-refractivity contribution in [2.75, 3.05) is 20.7 Å². The van der Waals surface area contributed by atoms with Crippen LogP contribution in [0.1, 0.15) is 42.1 Å². The zero-order valence-electron chi connectivity index (χ0n) is 12.8. The van der Waals surface area contributed by atoms with E-state index in [1.165, 1.54) is 0 Å². The van der Waals surface area contributed by atoms with E-state index in [1.54, 1.807) is 44.1 Å². The highest BCUT2D eigenvalue weighted by atomic mass is 16.5. The lowest BCUT2D eigenvalue weighted by Gasteiger charge is -2.08. The van der Waals surface area contributed by atoms with E-state index in [4.69, 9.17) is 4.74 Å². The summed E-state index contributed by atoms with van der Waals surface area (Å²) in [5.41, 5.74) is 1.28. The average Bonchev–Trinajstić information content (AvgIpc) is 2.47. The minimum absolute atomic E-state index is 0.112. The van der Waals surface area contributed by atoms with Crippen molar-refractivity contribution >= 4 is 11.9 Å². The van der Waals surface area contributed by atoms with Gasteiger partial charge >= 0.3 is 5.97 Å². The van der Waals surface area contributed by atoms with Gasteiger partial charge in [-0.15, -0.1) is 0 Å². The molecule has 1 aromatic rings. The van der Waals surface area contributed by atoms with E-state index in [2.05, 4.69) is 11.8 Å². The van der Waals surface area contributed by atoms with Gasteiger partial charge in [-0.05, 0) is 31.5 Å². The number of carbonyl (C=O) groups excluding carboxylic acids is 2. The molecule has 0 aliphatic carbocycles. The van der Waals surface area contributed by atoms with Crippen LogP contribution >= 0.6 is 0 Å². The summed E-state index contributed by atoms with van der Waals surface area (Å²) in [5.74, 6) is 5.80. The summed E-state index contributed by atoms with van der Waals surface area (Å²) in [5, 5.41) is 0. The SMILES string of the molecule is CCOC(=O)c1cccc(C#CCCCC(=O)N(C)C)c1. The van der Waals surface area contributed by atoms with Crippen molar-refractivity contribution in [2.45, 2.75) is 26.2 Å². The number of ether oxygens (including phenoxy) is 1. The highest BCUT2D eigenvalue weighted by Gasteiger charge is 2.05. The Kier molecular flexibility index (Phi) is 7.03. The molecule has 4 nitrogen and oxygen atoms in total. The van der Waals surface area contributed by atoms with Crippen LogP contribution < -0.4 is 0 Å². The predicted molar refractivity (Wildman–Crippen MR) is 81.8 cm³/mol. The van der Waals surface area contributed by atoms with Crippen LogP contribution in [0.4, 0.5) is 0 Å². The van der Waals surface area contributed by atoms with E-state index in [1.807, 2.05) is 6.07 Å². The number of unbranched alkanes of at least 4 members (excludes halogenated alkanes) is 1. The van der Waals surface area contributed by atoms with Crippen LogP contribution in [0.2, 0.25) is 0 Å². The predicted octanol–water partition coefficient (Wildman–Crippen LogP) is 2.47. The molecular formula is C17H21NO3. The summed E-state index contributed by atoms with van der Waals surface area (Å²) < 4.78 is 4.95. The molecule has 0 radical (unpaired) electrons. The molecule has 0 aliphatic rings. The molecule has 1 rings (SSSR count). The number of esters is 1. The van der Waals surface area contributed by atoms with Crippen LogP contribution in [-0.2, 0) is 9.53 Å². The summed E-state index contributed by atoms with van der Waals surface area (Å²) in [6.07, 6.45) is 1.90. The molecule has 1 aromatic carbocycles. The van der Waals surface area contributed by atoms with Gasteiger partial charge in [0.1, 0.15) is 0 Å². The molecule has 0 bridgehead atoms. The van der Waals surface area contributed by atoms with Crippen molar-refractivity contribution in [1.82, 2.24) is 4.90 Å². The summed E-state index contributed by atoms with van der Waals surface area (Å²) >= 11 is 0. The molecule has 0 unspecified atom stereocenters. The number of hydrogen-bond donors (Lipinski definition) is 0. The van der Waals surface area contributed by atoms with Crippen LogP contribution in [0.15, 0.2) is 24.3 Å². The minimum atomic E-state index is -0.335. The molecule has 0 saturated carbocycles. The zero-order chi connectivity index (χ0) is 15.7. The molecule has 1 amide bonds. The first-order valence-corrected chi connectivity index (χ1v) is 7.00. The largest absolute Gasteiger partial charge is 0.462 e. The first kappa shape index (κ1) is 16.8. The van der Waals surface area contributed by atoms with Crippen molar-refractivity contribution in [3.8, 4) is 11.8 Å². The lowest BCUT2D eigenvalue weighted by Crippen LogP contribution is -2.20. The topological polar surface area (TPSA) is 46.6 Å². The van der Waals surface area contributed by atoms with Gasteiger partial charge in [-0.3, -0.25) is 4.79 Å². The van der Waals surface area contributed by atoms with E-state index in [0.717, 1.165) is 12.0 Å². The first-order chi connectivity index (χ1) is 10.0. The van der Waals surface area contributed by atoms with Crippen LogP contribution in [0.3, 0.4) is 0 Å². The molecule has 21 heavy (non-hydrogen) atoms. The summed E-state index contributed by atoms with van der Waals surface area (Å²) in [6.45, 7) is 2.13. The number of amides is 1. The maximum absolute atomic E-state index is 11.6. The van der Waals surface area contributed by atoms with Crippen molar-refractivity contribution < 1.29 is 14.3 Å². The lowest BCUT2D eigenvalue weighted by molar-refractivity contribution is -0.128. The summed E-state index contributed by atoms with van der Waals surface area (Å²) in [7, 11) is 3.49. The van der Waals surface area contributed by atoms with Gasteiger partial charge in [0.2, 0.25) is 5.91 Å². The molecule has 0 N–H and O–H groups in total. The Balaban J connectivity index is 2.52. The quantitative estimate of drug-likeness (QED) is 0.475. The standard InChI is InChI=1S/C17H21NO3/c1-4-21-17(20)15-11-8-10-14(13-15)9-6-5-7-12-16(19)18(2)3/h8,10-11,13H,4-5,7,12H2,1-3H3. The summed E-state index contributed by atoms with van der Waals surface area (Å²) in [4.78, 5) is 24.6. The molecule has 0 heterocycles. The Labute approximate surface area is 126 Å². The second-order valence-electron chi connectivity index (χ2n) is 4.74. The maximum atomic E-state index is 11.6. The number of carbonyl (C=O) groups is 2. The van der Waals surface area contributed by atoms with Gasteiger partial charge in [-0.2, -0.15) is 0 Å². The Hall–Kier alpha value is -2.28. The minimum Gasteiger partial charge on any atom is -0.462 e. The van der Waals surface area contributed by atoms with Crippen LogP contribution in [-0.4, -0.2) is 37.5 Å². The third-order valence-corrected chi connectivity index (χ3v) is 2.80. The van der Waals surface area contributed by atoms with Gasteiger partial charge in [0.25, 0.3) is 0 Å². The monoisotopic (exact) mass is 287 g/mol. The fourth-order valence-electron chi connectivity index (χ4n) is 1.65. The second kappa shape index (κ2) is 8.80. The lowest BCUT2D eigenvalue weighted by atomic mass is 10.1. The van der Waals surface area contributed by atoms with Gasteiger partial charge < -0.3 is 9.64 Å². The van der Waals surface area contributed by atoms with Gasteiger partial charge in [-0.25, -0.2) is 4.79 Å². The van der Waals surface area contributed by atoms with E-state index in [0.29, 0.717) is 25.0 Å². The highest BCUT2D eigenvalue weighted by molar-refractivity contribution is 5.89. The molecule has 0 aromatic heterocycles. The Bertz CT molecular complexity index is 553. The molecular weight excluding hydrogens is 266 g/mol. The van der Waals surface area contributed by atoms with E-state index in [9.17, 15) is 9.59 Å². The normalized spacial score (nSPS) is 9.48. The Morgan fingerprint density at radius 2 is 2.05 bits per heavy atom. The molecule has 0 aliphatic heterocycles. The summed E-state index contributed by atoms with van der Waals surface area (Å²) in [6, 6.07) is 7.06. The third-order valence-electron chi connectivity index (χ3n) is 2.80. The average molecular weight is 287 g/mol. The molecule has 0 atom stereocenters. The number of nitrogens with zero attached hydrogens (tertiary/aromatic N) is 1. The fraction of sp³-hybridized carbons (Fsp3) is 0.412. The molecule has 4 heteroatoms. The van der Waals surface area contributed by atoms with Crippen molar-refractivity contribution in [3.05, 3.63) is 35.4 Å². The second-order valence-corrected chi connectivity index (χ2v) is 4.74. The van der Waals surface area contributed by atoms with E-state index in [-0.39, 0.29) is 11.9 Å². The molecule has 0 spiro atoms. The smallest absolute Gasteiger partial charge is 0.338 e. The van der Waals surface area contributed by atoms with Crippen LogP contribution in [0, 0.1) is 11.8 Å². The van der Waals surface area contributed by atoms with Gasteiger partial charge in [0.05, 0.1) is 12.2 Å². The van der Waals surface area contributed by atoms with Crippen LogP contribution in [0.25, 0.3) is 0 Å². The zero-order valence-corrected chi connectivity index (χ0v) is 12.8. The van der Waals surface area contributed by atoms with Gasteiger partial charge in [0.15, 0.2) is 0 Å².